The van der Waals surface area contributed by atoms with Gasteiger partial charge in [-0.2, -0.15) is 0 Å². The third-order valence-electron chi connectivity index (χ3n) is 2.96. The number of carbonyl (C=O) groups excluding carboxylic acids is 1. The molecule has 1 atom stereocenters. The summed E-state index contributed by atoms with van der Waals surface area (Å²) in [6, 6.07) is 5.40. The van der Waals surface area contributed by atoms with E-state index >= 15 is 0 Å². The summed E-state index contributed by atoms with van der Waals surface area (Å²) in [5, 5.41) is 0. The van der Waals surface area contributed by atoms with Crippen LogP contribution in [0.3, 0.4) is 0 Å². The van der Waals surface area contributed by atoms with Gasteiger partial charge in [0.25, 0.3) is 5.91 Å². The zero-order valence-corrected chi connectivity index (χ0v) is 12.0. The Morgan fingerprint density at radius 1 is 1.42 bits per heavy atom. The summed E-state index contributed by atoms with van der Waals surface area (Å²) in [5.41, 5.74) is 6.77. The standard InChI is InChI=1S/C14H22N2O3/c1-5-16(3)14(17)9-19-12-7-6-11(10(2)15)8-13(12)18-4/h6-8,10H,5,9,15H2,1-4H3/t10-/m0/s1. The fourth-order valence-electron chi connectivity index (χ4n) is 1.51. The number of rotatable bonds is 6. The Balaban J connectivity index is 2.76. The lowest BCUT2D eigenvalue weighted by atomic mass is 10.1. The molecule has 5 nitrogen and oxygen atoms in total. The van der Waals surface area contributed by atoms with Crippen molar-refractivity contribution < 1.29 is 14.3 Å². The van der Waals surface area contributed by atoms with Crippen LogP contribution >= 0.6 is 0 Å². The van der Waals surface area contributed by atoms with Gasteiger partial charge in [0.05, 0.1) is 7.11 Å². The summed E-state index contributed by atoms with van der Waals surface area (Å²) in [4.78, 5) is 13.3. The van der Waals surface area contributed by atoms with Crippen molar-refractivity contribution in [2.75, 3.05) is 27.3 Å². The quantitative estimate of drug-likeness (QED) is 0.849. The summed E-state index contributed by atoms with van der Waals surface area (Å²) in [6.45, 7) is 4.46. The van der Waals surface area contributed by atoms with Crippen LogP contribution in [0.5, 0.6) is 11.5 Å². The van der Waals surface area contributed by atoms with Gasteiger partial charge in [-0.3, -0.25) is 4.79 Å². The molecule has 0 unspecified atom stereocenters. The molecule has 0 spiro atoms. The smallest absolute Gasteiger partial charge is 0.260 e. The second kappa shape index (κ2) is 6.99. The van der Waals surface area contributed by atoms with Crippen LogP contribution < -0.4 is 15.2 Å². The van der Waals surface area contributed by atoms with Crippen molar-refractivity contribution in [1.82, 2.24) is 4.90 Å². The van der Waals surface area contributed by atoms with Crippen molar-refractivity contribution >= 4 is 5.91 Å². The zero-order valence-electron chi connectivity index (χ0n) is 12.0. The lowest BCUT2D eigenvalue weighted by Crippen LogP contribution is -2.31. The van der Waals surface area contributed by atoms with Crippen LogP contribution in [-0.4, -0.2) is 38.1 Å². The predicted molar refractivity (Wildman–Crippen MR) is 74.4 cm³/mol. The third-order valence-corrected chi connectivity index (χ3v) is 2.96. The van der Waals surface area contributed by atoms with E-state index < -0.39 is 0 Å². The molecule has 1 amide bonds. The van der Waals surface area contributed by atoms with Crippen LogP contribution in [0.1, 0.15) is 25.5 Å². The van der Waals surface area contributed by atoms with Crippen LogP contribution in [0.2, 0.25) is 0 Å². The minimum atomic E-state index is -0.0733. The average molecular weight is 266 g/mol. The molecule has 0 aliphatic carbocycles. The van der Waals surface area contributed by atoms with E-state index in [9.17, 15) is 4.79 Å². The molecule has 2 N–H and O–H groups in total. The molecule has 0 saturated carbocycles. The molecule has 106 valence electrons. The van der Waals surface area contributed by atoms with Crippen molar-refractivity contribution in [3.05, 3.63) is 23.8 Å². The van der Waals surface area contributed by atoms with Gasteiger partial charge in [0, 0.05) is 19.6 Å². The summed E-state index contributed by atoms with van der Waals surface area (Å²) in [7, 11) is 3.30. The van der Waals surface area contributed by atoms with E-state index in [1.807, 2.05) is 26.0 Å². The first-order chi connectivity index (χ1) is 8.99. The first-order valence-corrected chi connectivity index (χ1v) is 6.29. The molecule has 1 aromatic carbocycles. The highest BCUT2D eigenvalue weighted by atomic mass is 16.5. The van der Waals surface area contributed by atoms with Crippen molar-refractivity contribution in [2.24, 2.45) is 5.73 Å². The van der Waals surface area contributed by atoms with Gasteiger partial charge in [-0.15, -0.1) is 0 Å². The Morgan fingerprint density at radius 3 is 2.63 bits per heavy atom. The summed E-state index contributed by atoms with van der Waals surface area (Å²) in [6.07, 6.45) is 0. The topological polar surface area (TPSA) is 64.8 Å². The highest BCUT2D eigenvalue weighted by Crippen LogP contribution is 2.29. The molecular formula is C14H22N2O3. The molecule has 0 aliphatic rings. The van der Waals surface area contributed by atoms with E-state index in [1.54, 1.807) is 25.1 Å². The normalized spacial score (nSPS) is 11.8. The van der Waals surface area contributed by atoms with Crippen molar-refractivity contribution in [2.45, 2.75) is 19.9 Å². The molecule has 19 heavy (non-hydrogen) atoms. The van der Waals surface area contributed by atoms with Gasteiger partial charge < -0.3 is 20.1 Å². The van der Waals surface area contributed by atoms with Gasteiger partial charge in [0.1, 0.15) is 0 Å². The number of likely N-dealkylation sites (N-methyl/N-ethyl adjacent to an activating group) is 1. The van der Waals surface area contributed by atoms with E-state index in [4.69, 9.17) is 15.2 Å². The summed E-state index contributed by atoms with van der Waals surface area (Å²) >= 11 is 0. The maximum atomic E-state index is 11.7. The van der Waals surface area contributed by atoms with Gasteiger partial charge in [0.15, 0.2) is 18.1 Å². The molecule has 0 aromatic heterocycles. The van der Waals surface area contributed by atoms with E-state index in [2.05, 4.69) is 0 Å². The number of hydrogen-bond acceptors (Lipinski definition) is 4. The first-order valence-electron chi connectivity index (χ1n) is 6.29. The van der Waals surface area contributed by atoms with Crippen LogP contribution in [0, 0.1) is 0 Å². The fourth-order valence-corrected chi connectivity index (χ4v) is 1.51. The number of amides is 1. The molecule has 1 aromatic rings. The Morgan fingerprint density at radius 2 is 2.11 bits per heavy atom. The van der Waals surface area contributed by atoms with Crippen LogP contribution in [0.4, 0.5) is 0 Å². The summed E-state index contributed by atoms with van der Waals surface area (Å²) < 4.78 is 10.7. The number of methoxy groups -OCH3 is 1. The minimum Gasteiger partial charge on any atom is -0.493 e. The highest BCUT2D eigenvalue weighted by Gasteiger charge is 2.11. The lowest BCUT2D eigenvalue weighted by molar-refractivity contribution is -0.131. The maximum absolute atomic E-state index is 11.7. The Labute approximate surface area is 114 Å². The lowest BCUT2D eigenvalue weighted by Gasteiger charge is -2.16. The monoisotopic (exact) mass is 266 g/mol. The zero-order chi connectivity index (χ0) is 14.4. The Bertz CT molecular complexity index is 433. The van der Waals surface area contributed by atoms with E-state index in [0.29, 0.717) is 18.0 Å². The van der Waals surface area contributed by atoms with E-state index in [0.717, 1.165) is 5.56 Å². The maximum Gasteiger partial charge on any atom is 0.260 e. The molecule has 5 heteroatoms. The van der Waals surface area contributed by atoms with Gasteiger partial charge in [-0.05, 0) is 31.5 Å². The van der Waals surface area contributed by atoms with Crippen LogP contribution in [0.25, 0.3) is 0 Å². The van der Waals surface area contributed by atoms with Gasteiger partial charge in [-0.1, -0.05) is 6.07 Å². The third kappa shape index (κ3) is 4.13. The largest absolute Gasteiger partial charge is 0.493 e. The Kier molecular flexibility index (Phi) is 5.63. The molecule has 0 fully saturated rings. The molecule has 0 radical (unpaired) electrons. The average Bonchev–Trinajstić information content (AvgIpc) is 2.43. The number of hydrogen-bond donors (Lipinski definition) is 1. The van der Waals surface area contributed by atoms with Gasteiger partial charge >= 0.3 is 0 Å². The molecule has 0 saturated heterocycles. The molecule has 0 bridgehead atoms. The Hall–Kier alpha value is -1.75. The fraction of sp³-hybridized carbons (Fsp3) is 0.500. The first kappa shape index (κ1) is 15.3. The molecule has 1 rings (SSSR count). The van der Waals surface area contributed by atoms with Gasteiger partial charge in [0.2, 0.25) is 0 Å². The predicted octanol–water partition coefficient (Wildman–Crippen LogP) is 1.57. The molecular weight excluding hydrogens is 244 g/mol. The van der Waals surface area contributed by atoms with Crippen molar-refractivity contribution in [1.29, 1.82) is 0 Å². The second-order valence-electron chi connectivity index (χ2n) is 4.40. The van der Waals surface area contributed by atoms with Crippen molar-refractivity contribution in [3.63, 3.8) is 0 Å². The molecule has 0 aliphatic heterocycles. The minimum absolute atomic E-state index is 0.00176. The molecule has 0 heterocycles. The van der Waals surface area contributed by atoms with Crippen molar-refractivity contribution in [3.8, 4) is 11.5 Å². The summed E-state index contributed by atoms with van der Waals surface area (Å²) in [5.74, 6) is 1.06. The number of nitrogens with two attached hydrogens (primary N) is 1. The number of benzene rings is 1. The number of carbonyl (C=O) groups is 1. The second-order valence-corrected chi connectivity index (χ2v) is 4.40. The number of ether oxygens (including phenoxy) is 2. The van der Waals surface area contributed by atoms with Crippen LogP contribution in [-0.2, 0) is 4.79 Å². The van der Waals surface area contributed by atoms with Gasteiger partial charge in [-0.25, -0.2) is 0 Å². The highest BCUT2D eigenvalue weighted by molar-refractivity contribution is 5.77. The SMILES string of the molecule is CCN(C)C(=O)COc1ccc([C@H](C)N)cc1OC. The van der Waals surface area contributed by atoms with E-state index in [1.165, 1.54) is 0 Å². The van der Waals surface area contributed by atoms with E-state index in [-0.39, 0.29) is 18.6 Å². The van der Waals surface area contributed by atoms with Crippen LogP contribution in [0.15, 0.2) is 18.2 Å². The number of nitrogens with zero attached hydrogens (tertiary/aromatic N) is 1.